The Bertz CT molecular complexity index is 583. The van der Waals surface area contributed by atoms with Gasteiger partial charge in [0.1, 0.15) is 5.82 Å². The van der Waals surface area contributed by atoms with E-state index in [-0.39, 0.29) is 17.1 Å². The van der Waals surface area contributed by atoms with E-state index in [2.05, 4.69) is 15.2 Å². The van der Waals surface area contributed by atoms with Crippen molar-refractivity contribution in [1.82, 2.24) is 15.2 Å². The number of aromatic amines is 1. The number of para-hydroxylation sites is 1. The van der Waals surface area contributed by atoms with Crippen molar-refractivity contribution < 1.29 is 4.79 Å². The number of H-pyrrole nitrogens is 1. The molecule has 0 spiro atoms. The molecule has 0 saturated carbocycles. The van der Waals surface area contributed by atoms with E-state index in [1.54, 1.807) is 4.90 Å². The van der Waals surface area contributed by atoms with Gasteiger partial charge in [-0.1, -0.05) is 39.0 Å². The molecule has 1 aromatic heterocycles. The SMILES string of the molecule is CCN(C(=O)c1n[nH]c(C(C)(C)C)n1)c1ccccc1. The van der Waals surface area contributed by atoms with Gasteiger partial charge in [-0.15, -0.1) is 5.10 Å². The van der Waals surface area contributed by atoms with Crippen LogP contribution in [0.25, 0.3) is 0 Å². The molecule has 0 bridgehead atoms. The maximum atomic E-state index is 12.5. The maximum Gasteiger partial charge on any atom is 0.297 e. The number of rotatable bonds is 3. The molecule has 0 saturated heterocycles. The van der Waals surface area contributed by atoms with E-state index in [1.807, 2.05) is 58.0 Å². The van der Waals surface area contributed by atoms with Crippen molar-refractivity contribution in [3.63, 3.8) is 0 Å². The normalized spacial score (nSPS) is 11.4. The van der Waals surface area contributed by atoms with Gasteiger partial charge >= 0.3 is 0 Å². The molecular weight excluding hydrogens is 252 g/mol. The summed E-state index contributed by atoms with van der Waals surface area (Å²) in [4.78, 5) is 18.5. The standard InChI is InChI=1S/C15H20N4O/c1-5-19(11-9-7-6-8-10-11)13(20)12-16-14(18-17-12)15(2,3)4/h6-10H,5H2,1-4H3,(H,16,17,18). The van der Waals surface area contributed by atoms with Gasteiger partial charge < -0.3 is 4.90 Å². The summed E-state index contributed by atoms with van der Waals surface area (Å²) >= 11 is 0. The highest BCUT2D eigenvalue weighted by Crippen LogP contribution is 2.19. The highest BCUT2D eigenvalue weighted by atomic mass is 16.2. The molecular formula is C15H20N4O. The van der Waals surface area contributed by atoms with E-state index in [4.69, 9.17) is 0 Å². The minimum atomic E-state index is -0.189. The number of aromatic nitrogens is 3. The average Bonchev–Trinajstić information content (AvgIpc) is 2.90. The topological polar surface area (TPSA) is 61.9 Å². The fourth-order valence-electron chi connectivity index (χ4n) is 1.86. The van der Waals surface area contributed by atoms with Crippen LogP contribution in [0.2, 0.25) is 0 Å². The average molecular weight is 272 g/mol. The molecule has 5 heteroatoms. The summed E-state index contributed by atoms with van der Waals surface area (Å²) in [6, 6.07) is 9.54. The molecule has 2 rings (SSSR count). The monoisotopic (exact) mass is 272 g/mol. The van der Waals surface area contributed by atoms with Gasteiger partial charge in [-0.3, -0.25) is 9.89 Å². The van der Waals surface area contributed by atoms with Crippen LogP contribution in [-0.4, -0.2) is 27.6 Å². The molecule has 0 unspecified atom stereocenters. The van der Waals surface area contributed by atoms with E-state index >= 15 is 0 Å². The van der Waals surface area contributed by atoms with Gasteiger partial charge in [-0.25, -0.2) is 4.98 Å². The molecule has 0 aliphatic rings. The Kier molecular flexibility index (Phi) is 3.88. The second-order valence-electron chi connectivity index (χ2n) is 5.64. The third-order valence-corrected chi connectivity index (χ3v) is 3.02. The van der Waals surface area contributed by atoms with Crippen molar-refractivity contribution in [2.24, 2.45) is 0 Å². The molecule has 20 heavy (non-hydrogen) atoms. The van der Waals surface area contributed by atoms with Crippen molar-refractivity contribution >= 4 is 11.6 Å². The number of nitrogens with zero attached hydrogens (tertiary/aromatic N) is 3. The Morgan fingerprint density at radius 1 is 1.25 bits per heavy atom. The molecule has 0 aliphatic carbocycles. The first-order valence-corrected chi connectivity index (χ1v) is 6.73. The zero-order chi connectivity index (χ0) is 14.8. The van der Waals surface area contributed by atoms with Crippen molar-refractivity contribution in [2.75, 3.05) is 11.4 Å². The first-order chi connectivity index (χ1) is 9.43. The van der Waals surface area contributed by atoms with Crippen molar-refractivity contribution in [3.8, 4) is 0 Å². The van der Waals surface area contributed by atoms with E-state index in [9.17, 15) is 4.79 Å². The Balaban J connectivity index is 2.28. The Labute approximate surface area is 119 Å². The van der Waals surface area contributed by atoms with Gasteiger partial charge in [0.25, 0.3) is 5.91 Å². The second-order valence-corrected chi connectivity index (χ2v) is 5.64. The van der Waals surface area contributed by atoms with Crippen LogP contribution in [0.15, 0.2) is 30.3 Å². The molecule has 2 aromatic rings. The van der Waals surface area contributed by atoms with Crippen LogP contribution in [0, 0.1) is 0 Å². The molecule has 0 atom stereocenters. The molecule has 0 aliphatic heterocycles. The number of benzene rings is 1. The summed E-state index contributed by atoms with van der Waals surface area (Å²) in [7, 11) is 0. The maximum absolute atomic E-state index is 12.5. The third-order valence-electron chi connectivity index (χ3n) is 3.02. The number of carbonyl (C=O) groups is 1. The lowest BCUT2D eigenvalue weighted by Crippen LogP contribution is -2.31. The van der Waals surface area contributed by atoms with Crippen LogP contribution in [-0.2, 0) is 5.41 Å². The molecule has 106 valence electrons. The molecule has 1 aromatic carbocycles. The molecule has 0 radical (unpaired) electrons. The second kappa shape index (κ2) is 5.45. The highest BCUT2D eigenvalue weighted by molar-refractivity contribution is 6.03. The lowest BCUT2D eigenvalue weighted by Gasteiger charge is -2.19. The number of anilines is 1. The van der Waals surface area contributed by atoms with Crippen LogP contribution in [0.4, 0.5) is 5.69 Å². The van der Waals surface area contributed by atoms with Crippen molar-refractivity contribution in [3.05, 3.63) is 42.0 Å². The zero-order valence-electron chi connectivity index (χ0n) is 12.3. The Morgan fingerprint density at radius 2 is 1.90 bits per heavy atom. The van der Waals surface area contributed by atoms with E-state index in [0.29, 0.717) is 12.4 Å². The fraction of sp³-hybridized carbons (Fsp3) is 0.400. The summed E-state index contributed by atoms with van der Waals surface area (Å²) in [6.07, 6.45) is 0. The van der Waals surface area contributed by atoms with E-state index in [1.165, 1.54) is 0 Å². The largest absolute Gasteiger partial charge is 0.306 e. The Morgan fingerprint density at radius 3 is 2.40 bits per heavy atom. The van der Waals surface area contributed by atoms with Gasteiger partial charge in [-0.2, -0.15) is 0 Å². The van der Waals surface area contributed by atoms with Gasteiger partial charge in [0, 0.05) is 17.6 Å². The highest BCUT2D eigenvalue weighted by Gasteiger charge is 2.24. The Hall–Kier alpha value is -2.17. The van der Waals surface area contributed by atoms with Crippen LogP contribution in [0.3, 0.4) is 0 Å². The zero-order valence-corrected chi connectivity index (χ0v) is 12.3. The van der Waals surface area contributed by atoms with Crippen LogP contribution < -0.4 is 4.90 Å². The molecule has 1 N–H and O–H groups in total. The summed E-state index contributed by atoms with van der Waals surface area (Å²) in [5.74, 6) is 0.732. The van der Waals surface area contributed by atoms with Crippen molar-refractivity contribution in [1.29, 1.82) is 0 Å². The predicted molar refractivity (Wildman–Crippen MR) is 78.9 cm³/mol. The van der Waals surface area contributed by atoms with Crippen LogP contribution >= 0.6 is 0 Å². The minimum absolute atomic E-state index is 0.157. The quantitative estimate of drug-likeness (QED) is 0.934. The molecule has 0 fully saturated rings. The van der Waals surface area contributed by atoms with Crippen LogP contribution in [0.1, 0.15) is 44.1 Å². The van der Waals surface area contributed by atoms with Gasteiger partial charge in [0.2, 0.25) is 5.82 Å². The van der Waals surface area contributed by atoms with Gasteiger partial charge in [0.05, 0.1) is 0 Å². The number of carbonyl (C=O) groups excluding carboxylic acids is 1. The summed E-state index contributed by atoms with van der Waals surface area (Å²) in [6.45, 7) is 8.58. The third kappa shape index (κ3) is 2.87. The van der Waals surface area contributed by atoms with E-state index in [0.717, 1.165) is 5.69 Å². The van der Waals surface area contributed by atoms with E-state index < -0.39 is 0 Å². The molecule has 5 nitrogen and oxygen atoms in total. The first-order valence-electron chi connectivity index (χ1n) is 6.73. The summed E-state index contributed by atoms with van der Waals surface area (Å²) in [5.41, 5.74) is 0.692. The van der Waals surface area contributed by atoms with Gasteiger partial charge in [-0.05, 0) is 19.1 Å². The van der Waals surface area contributed by atoms with Gasteiger partial charge in [0.15, 0.2) is 0 Å². The lowest BCUT2D eigenvalue weighted by molar-refractivity contribution is 0.0978. The fourth-order valence-corrected chi connectivity index (χ4v) is 1.86. The number of amides is 1. The smallest absolute Gasteiger partial charge is 0.297 e. The number of hydrogen-bond donors (Lipinski definition) is 1. The van der Waals surface area contributed by atoms with Crippen molar-refractivity contribution in [2.45, 2.75) is 33.1 Å². The molecule has 1 amide bonds. The lowest BCUT2D eigenvalue weighted by atomic mass is 9.96. The summed E-state index contributed by atoms with van der Waals surface area (Å²) in [5, 5.41) is 6.90. The number of nitrogens with one attached hydrogen (secondary N) is 1. The first kappa shape index (κ1) is 14.2. The predicted octanol–water partition coefficient (Wildman–Crippen LogP) is 2.77. The minimum Gasteiger partial charge on any atom is -0.306 e. The number of hydrogen-bond acceptors (Lipinski definition) is 3. The molecule has 1 heterocycles. The summed E-state index contributed by atoms with van der Waals surface area (Å²) < 4.78 is 0. The van der Waals surface area contributed by atoms with Crippen LogP contribution in [0.5, 0.6) is 0 Å².